The second kappa shape index (κ2) is 5.64. The minimum Gasteiger partial charge on any atom is -0.369 e. The molecule has 0 spiro atoms. The van der Waals surface area contributed by atoms with Crippen molar-refractivity contribution in [1.29, 1.82) is 0 Å². The Kier molecular flexibility index (Phi) is 3.66. The highest BCUT2D eigenvalue weighted by Gasteiger charge is 2.33. The number of fused-ring (bicyclic) bond motifs is 1. The number of hydrogen-bond donors (Lipinski definition) is 1. The number of thioether (sulfide) groups is 1. The minimum atomic E-state index is 0.437. The van der Waals surface area contributed by atoms with E-state index in [0.717, 1.165) is 24.0 Å². The van der Waals surface area contributed by atoms with E-state index in [1.807, 2.05) is 11.8 Å². The SMILES string of the molecule is CC1=NC(C2CNc3ncc(C4CCCCC4)cc32)CS1. The van der Waals surface area contributed by atoms with Crippen molar-refractivity contribution in [2.45, 2.75) is 56.9 Å². The van der Waals surface area contributed by atoms with Gasteiger partial charge in [-0.15, -0.1) is 11.8 Å². The Morgan fingerprint density at radius 1 is 1.24 bits per heavy atom. The second-order valence-corrected chi connectivity index (χ2v) is 7.77. The van der Waals surface area contributed by atoms with Crippen molar-refractivity contribution in [2.75, 3.05) is 17.6 Å². The first-order valence-corrected chi connectivity index (χ1v) is 9.21. The smallest absolute Gasteiger partial charge is 0.129 e. The van der Waals surface area contributed by atoms with Crippen molar-refractivity contribution in [1.82, 2.24) is 4.98 Å². The summed E-state index contributed by atoms with van der Waals surface area (Å²) in [5.41, 5.74) is 2.88. The Labute approximate surface area is 131 Å². The number of nitrogens with one attached hydrogen (secondary N) is 1. The molecule has 3 aliphatic rings. The van der Waals surface area contributed by atoms with Gasteiger partial charge in [-0.3, -0.25) is 4.99 Å². The quantitative estimate of drug-likeness (QED) is 0.890. The molecule has 0 aromatic carbocycles. The van der Waals surface area contributed by atoms with Gasteiger partial charge in [-0.1, -0.05) is 19.3 Å². The molecule has 0 bridgehead atoms. The van der Waals surface area contributed by atoms with Crippen LogP contribution in [0.4, 0.5) is 5.82 Å². The van der Waals surface area contributed by atoms with E-state index >= 15 is 0 Å². The highest BCUT2D eigenvalue weighted by atomic mass is 32.2. The molecule has 0 amide bonds. The predicted molar refractivity (Wildman–Crippen MR) is 90.6 cm³/mol. The van der Waals surface area contributed by atoms with Crippen molar-refractivity contribution in [3.8, 4) is 0 Å². The van der Waals surface area contributed by atoms with Gasteiger partial charge < -0.3 is 5.32 Å². The molecule has 1 fully saturated rings. The van der Waals surface area contributed by atoms with Crippen molar-refractivity contribution in [2.24, 2.45) is 4.99 Å². The standard InChI is InChI=1S/C17H23N3S/c1-11-20-16(10-21-11)15-9-19-17-14(15)7-13(8-18-17)12-5-3-2-4-6-12/h7-8,12,15-16H,2-6,9-10H2,1H3,(H,18,19). The zero-order valence-corrected chi connectivity index (χ0v) is 13.5. The Morgan fingerprint density at radius 3 is 2.86 bits per heavy atom. The lowest BCUT2D eigenvalue weighted by molar-refractivity contribution is 0.442. The number of aliphatic imine (C=N–C) groups is 1. The average Bonchev–Trinajstić information content (AvgIpc) is 3.13. The fourth-order valence-electron chi connectivity index (χ4n) is 3.97. The molecule has 1 aliphatic carbocycles. The van der Waals surface area contributed by atoms with E-state index in [2.05, 4.69) is 24.5 Å². The minimum absolute atomic E-state index is 0.437. The van der Waals surface area contributed by atoms with Gasteiger partial charge in [-0.2, -0.15) is 0 Å². The summed E-state index contributed by atoms with van der Waals surface area (Å²) in [6.07, 6.45) is 8.97. The third-order valence-corrected chi connectivity index (χ3v) is 6.21. The van der Waals surface area contributed by atoms with Crippen LogP contribution in [0.25, 0.3) is 0 Å². The van der Waals surface area contributed by atoms with Crippen LogP contribution < -0.4 is 5.32 Å². The molecule has 21 heavy (non-hydrogen) atoms. The molecular weight excluding hydrogens is 278 g/mol. The molecule has 0 radical (unpaired) electrons. The molecule has 1 aromatic rings. The largest absolute Gasteiger partial charge is 0.369 e. The molecule has 1 aromatic heterocycles. The van der Waals surface area contributed by atoms with Crippen LogP contribution in [0.15, 0.2) is 17.3 Å². The Balaban J connectivity index is 1.61. The fraction of sp³-hybridized carbons (Fsp3) is 0.647. The van der Waals surface area contributed by atoms with E-state index in [0.29, 0.717) is 12.0 Å². The van der Waals surface area contributed by atoms with Gasteiger partial charge in [0.2, 0.25) is 0 Å². The number of anilines is 1. The molecule has 3 heterocycles. The van der Waals surface area contributed by atoms with Crippen molar-refractivity contribution < 1.29 is 0 Å². The van der Waals surface area contributed by atoms with Gasteiger partial charge >= 0.3 is 0 Å². The highest BCUT2D eigenvalue weighted by Crippen LogP contribution is 2.40. The summed E-state index contributed by atoms with van der Waals surface area (Å²) in [5.74, 6) is 3.48. The molecule has 2 unspecified atom stereocenters. The van der Waals surface area contributed by atoms with E-state index in [1.54, 1.807) is 0 Å². The summed E-state index contributed by atoms with van der Waals surface area (Å²) >= 11 is 1.90. The van der Waals surface area contributed by atoms with Crippen molar-refractivity contribution >= 4 is 22.6 Å². The molecule has 4 heteroatoms. The fourth-order valence-corrected chi connectivity index (χ4v) is 4.90. The number of rotatable bonds is 2. The lowest BCUT2D eigenvalue weighted by atomic mass is 9.83. The maximum Gasteiger partial charge on any atom is 0.129 e. The van der Waals surface area contributed by atoms with Crippen molar-refractivity contribution in [3.05, 3.63) is 23.4 Å². The van der Waals surface area contributed by atoms with Crippen LogP contribution >= 0.6 is 11.8 Å². The Morgan fingerprint density at radius 2 is 2.10 bits per heavy atom. The van der Waals surface area contributed by atoms with E-state index in [4.69, 9.17) is 9.98 Å². The normalized spacial score (nSPS) is 29.1. The van der Waals surface area contributed by atoms with E-state index in [9.17, 15) is 0 Å². The van der Waals surface area contributed by atoms with Gasteiger partial charge in [0, 0.05) is 30.0 Å². The maximum absolute atomic E-state index is 4.82. The monoisotopic (exact) mass is 301 g/mol. The third-order valence-electron chi connectivity index (χ3n) is 5.18. The van der Waals surface area contributed by atoms with Gasteiger partial charge in [0.1, 0.15) is 5.82 Å². The van der Waals surface area contributed by atoms with E-state index < -0.39 is 0 Å². The number of hydrogen-bond acceptors (Lipinski definition) is 4. The zero-order valence-electron chi connectivity index (χ0n) is 12.6. The van der Waals surface area contributed by atoms with Gasteiger partial charge in [0.15, 0.2) is 0 Å². The Hall–Kier alpha value is -1.03. The summed E-state index contributed by atoms with van der Waals surface area (Å²) in [6.45, 7) is 3.13. The average molecular weight is 301 g/mol. The van der Waals surface area contributed by atoms with Crippen LogP contribution in [0.2, 0.25) is 0 Å². The van der Waals surface area contributed by atoms with Gasteiger partial charge in [-0.05, 0) is 37.3 Å². The summed E-state index contributed by atoms with van der Waals surface area (Å²) < 4.78 is 0. The lowest BCUT2D eigenvalue weighted by Gasteiger charge is -2.23. The summed E-state index contributed by atoms with van der Waals surface area (Å²) in [6, 6.07) is 2.88. The molecule has 2 aliphatic heterocycles. The first kappa shape index (κ1) is 13.6. The van der Waals surface area contributed by atoms with Crippen LogP contribution in [0.3, 0.4) is 0 Å². The zero-order chi connectivity index (χ0) is 14.2. The molecule has 2 atom stereocenters. The molecular formula is C17H23N3S. The number of aromatic nitrogens is 1. The maximum atomic E-state index is 4.82. The van der Waals surface area contributed by atoms with Crippen molar-refractivity contribution in [3.63, 3.8) is 0 Å². The van der Waals surface area contributed by atoms with Crippen LogP contribution in [0.1, 0.15) is 62.0 Å². The van der Waals surface area contributed by atoms with Gasteiger partial charge in [0.25, 0.3) is 0 Å². The summed E-state index contributed by atoms with van der Waals surface area (Å²) in [5, 5.41) is 4.72. The molecule has 1 saturated carbocycles. The molecule has 3 nitrogen and oxygen atoms in total. The Bertz CT molecular complexity index is 563. The molecule has 1 N–H and O–H groups in total. The number of pyridine rings is 1. The first-order valence-electron chi connectivity index (χ1n) is 8.22. The molecule has 0 saturated heterocycles. The predicted octanol–water partition coefficient (Wildman–Crippen LogP) is 4.17. The topological polar surface area (TPSA) is 37.3 Å². The van der Waals surface area contributed by atoms with Crippen LogP contribution in [0, 0.1) is 0 Å². The third kappa shape index (κ3) is 2.59. The summed E-state index contributed by atoms with van der Waals surface area (Å²) in [4.78, 5) is 9.53. The van der Waals surface area contributed by atoms with Crippen LogP contribution in [0.5, 0.6) is 0 Å². The van der Waals surface area contributed by atoms with E-state index in [-0.39, 0.29) is 0 Å². The van der Waals surface area contributed by atoms with E-state index in [1.165, 1.54) is 48.3 Å². The second-order valence-electron chi connectivity index (χ2n) is 6.56. The van der Waals surface area contributed by atoms with Crippen LogP contribution in [-0.2, 0) is 0 Å². The first-order chi connectivity index (χ1) is 10.3. The molecule has 112 valence electrons. The van der Waals surface area contributed by atoms with Crippen LogP contribution in [-0.4, -0.2) is 28.4 Å². The lowest BCUT2D eigenvalue weighted by Crippen LogP contribution is -2.19. The highest BCUT2D eigenvalue weighted by molar-refractivity contribution is 8.14. The van der Waals surface area contributed by atoms with Gasteiger partial charge in [0.05, 0.1) is 11.1 Å². The summed E-state index contributed by atoms with van der Waals surface area (Å²) in [7, 11) is 0. The molecule has 4 rings (SSSR count). The number of nitrogens with zero attached hydrogens (tertiary/aromatic N) is 2. The van der Waals surface area contributed by atoms with Gasteiger partial charge in [-0.25, -0.2) is 4.98 Å².